The number of benzene rings is 2. The average molecular weight is 484 g/mol. The van der Waals surface area contributed by atoms with Gasteiger partial charge in [-0.1, -0.05) is 29.8 Å². The molecule has 2 saturated heterocycles. The summed E-state index contributed by atoms with van der Waals surface area (Å²) in [6.45, 7) is 5.18. The Morgan fingerprint density at radius 2 is 1.68 bits per heavy atom. The van der Waals surface area contributed by atoms with Crippen LogP contribution >= 0.6 is 11.6 Å². The van der Waals surface area contributed by atoms with E-state index in [1.165, 1.54) is 6.07 Å². The molecule has 2 aliphatic heterocycles. The minimum atomic E-state index is -0.253. The van der Waals surface area contributed by atoms with E-state index in [1.54, 1.807) is 35.4 Å². The second-order valence-corrected chi connectivity index (χ2v) is 9.13. The van der Waals surface area contributed by atoms with Crippen LogP contribution in [0.25, 0.3) is 10.9 Å². The third-order valence-electron chi connectivity index (χ3n) is 6.61. The molecule has 0 atom stereocenters. The number of fused-ring (bicyclic) bond motifs is 1. The molecule has 3 aromatic rings. The number of piperazine rings is 2. The number of hydrogen-bond acceptors (Lipinski definition) is 4. The molecule has 1 aromatic heterocycles. The Kier molecular flexibility index (Phi) is 6.43. The van der Waals surface area contributed by atoms with Gasteiger partial charge in [0.25, 0.3) is 5.91 Å². The van der Waals surface area contributed by atoms with Crippen LogP contribution in [0.4, 0.5) is 10.1 Å². The Hall–Kier alpha value is -3.10. The highest BCUT2D eigenvalue weighted by Gasteiger charge is 2.27. The minimum absolute atomic E-state index is 0.0240. The molecule has 0 bridgehead atoms. The second kappa shape index (κ2) is 9.64. The van der Waals surface area contributed by atoms with Crippen LogP contribution in [0.2, 0.25) is 5.02 Å². The van der Waals surface area contributed by atoms with Crippen molar-refractivity contribution in [2.75, 3.05) is 57.3 Å². The topological polar surface area (TPSA) is 60.8 Å². The fourth-order valence-electron chi connectivity index (χ4n) is 4.76. The number of nitrogens with zero attached hydrogens (tertiary/aromatic N) is 4. The number of amides is 2. The van der Waals surface area contributed by atoms with Crippen molar-refractivity contribution in [3.05, 3.63) is 65.1 Å². The molecule has 0 spiro atoms. The average Bonchev–Trinajstić information content (AvgIpc) is 3.21. The zero-order chi connectivity index (χ0) is 23.7. The molecule has 2 amide bonds. The van der Waals surface area contributed by atoms with Gasteiger partial charge in [0.1, 0.15) is 12.4 Å². The Bertz CT molecular complexity index is 1220. The zero-order valence-electron chi connectivity index (χ0n) is 18.8. The molecule has 0 radical (unpaired) electrons. The van der Waals surface area contributed by atoms with Gasteiger partial charge in [-0.2, -0.15) is 0 Å². The summed E-state index contributed by atoms with van der Waals surface area (Å²) in [5.74, 6) is -0.318. The SMILES string of the molecule is O=C(Cn1cc(C(=O)N2CCN(c3ccccc3F)CC2)c2ccc(Cl)cc21)N1CCNCC1. The molecule has 0 saturated carbocycles. The van der Waals surface area contributed by atoms with E-state index >= 15 is 0 Å². The van der Waals surface area contributed by atoms with Crippen LogP contribution in [0.15, 0.2) is 48.7 Å². The molecule has 2 fully saturated rings. The van der Waals surface area contributed by atoms with Crippen LogP contribution in [-0.4, -0.2) is 78.5 Å². The molecule has 2 aliphatic rings. The van der Waals surface area contributed by atoms with E-state index in [0.29, 0.717) is 55.5 Å². The Labute approximate surface area is 202 Å². The number of nitrogens with one attached hydrogen (secondary N) is 1. The Morgan fingerprint density at radius 3 is 2.41 bits per heavy atom. The summed E-state index contributed by atoms with van der Waals surface area (Å²) < 4.78 is 16.0. The molecule has 178 valence electrons. The second-order valence-electron chi connectivity index (χ2n) is 8.69. The number of carbonyl (C=O) groups is 2. The quantitative estimate of drug-likeness (QED) is 0.620. The smallest absolute Gasteiger partial charge is 0.256 e. The molecule has 7 nitrogen and oxygen atoms in total. The first-order valence-corrected chi connectivity index (χ1v) is 11.9. The molecule has 3 heterocycles. The summed E-state index contributed by atoms with van der Waals surface area (Å²) in [5, 5.41) is 4.58. The van der Waals surface area contributed by atoms with Crippen molar-refractivity contribution in [1.82, 2.24) is 19.7 Å². The third kappa shape index (κ3) is 4.48. The lowest BCUT2D eigenvalue weighted by molar-refractivity contribution is -0.132. The van der Waals surface area contributed by atoms with Gasteiger partial charge in [-0.3, -0.25) is 9.59 Å². The van der Waals surface area contributed by atoms with Crippen molar-refractivity contribution in [1.29, 1.82) is 0 Å². The summed E-state index contributed by atoms with van der Waals surface area (Å²) in [5.41, 5.74) is 1.88. The highest BCUT2D eigenvalue weighted by Crippen LogP contribution is 2.27. The molecule has 9 heteroatoms. The molecule has 5 rings (SSSR count). The zero-order valence-corrected chi connectivity index (χ0v) is 19.6. The number of halogens is 2. The maximum atomic E-state index is 14.2. The van der Waals surface area contributed by atoms with Gasteiger partial charge in [-0.15, -0.1) is 0 Å². The van der Waals surface area contributed by atoms with E-state index in [0.717, 1.165) is 24.0 Å². The third-order valence-corrected chi connectivity index (χ3v) is 6.85. The minimum Gasteiger partial charge on any atom is -0.366 e. The standard InChI is InChI=1S/C25H27ClFN5O2/c26-18-5-6-19-20(16-32(23(19)15-18)17-24(33)30-9-7-28-8-10-30)25(34)31-13-11-29(12-14-31)22-4-2-1-3-21(22)27/h1-6,15-16,28H,7-14,17H2. The number of para-hydroxylation sites is 1. The first kappa shape index (κ1) is 22.7. The first-order valence-electron chi connectivity index (χ1n) is 11.6. The van der Waals surface area contributed by atoms with Crippen LogP contribution in [0.1, 0.15) is 10.4 Å². The lowest BCUT2D eigenvalue weighted by Gasteiger charge is -2.36. The van der Waals surface area contributed by atoms with Gasteiger partial charge in [0.2, 0.25) is 5.91 Å². The lowest BCUT2D eigenvalue weighted by Crippen LogP contribution is -2.49. The van der Waals surface area contributed by atoms with Crippen LogP contribution in [0.3, 0.4) is 0 Å². The molecule has 2 aromatic carbocycles. The van der Waals surface area contributed by atoms with Gasteiger partial charge in [0, 0.05) is 69.0 Å². The van der Waals surface area contributed by atoms with Crippen LogP contribution in [0.5, 0.6) is 0 Å². The van der Waals surface area contributed by atoms with Crippen molar-refractivity contribution >= 4 is 40.0 Å². The maximum absolute atomic E-state index is 14.2. The van der Waals surface area contributed by atoms with Crippen molar-refractivity contribution in [2.45, 2.75) is 6.54 Å². The molecular formula is C25H27ClFN5O2. The van der Waals surface area contributed by atoms with Crippen molar-refractivity contribution in [3.8, 4) is 0 Å². The van der Waals surface area contributed by atoms with Gasteiger partial charge in [0.05, 0.1) is 16.8 Å². The van der Waals surface area contributed by atoms with E-state index in [9.17, 15) is 14.0 Å². The first-order chi connectivity index (χ1) is 16.5. The van der Waals surface area contributed by atoms with Crippen LogP contribution in [0, 0.1) is 5.82 Å². The summed E-state index contributed by atoms with van der Waals surface area (Å²) in [7, 11) is 0. The van der Waals surface area contributed by atoms with Crippen LogP contribution in [-0.2, 0) is 11.3 Å². The normalized spacial score (nSPS) is 16.8. The molecule has 1 N–H and O–H groups in total. The van der Waals surface area contributed by atoms with E-state index in [4.69, 9.17) is 11.6 Å². The fourth-order valence-corrected chi connectivity index (χ4v) is 4.92. The molecule has 34 heavy (non-hydrogen) atoms. The Morgan fingerprint density at radius 1 is 0.941 bits per heavy atom. The number of hydrogen-bond donors (Lipinski definition) is 1. The van der Waals surface area contributed by atoms with Crippen molar-refractivity contribution in [2.24, 2.45) is 0 Å². The predicted molar refractivity (Wildman–Crippen MR) is 131 cm³/mol. The van der Waals surface area contributed by atoms with E-state index in [-0.39, 0.29) is 24.2 Å². The largest absolute Gasteiger partial charge is 0.366 e. The van der Waals surface area contributed by atoms with Gasteiger partial charge in [-0.25, -0.2) is 4.39 Å². The summed E-state index contributed by atoms with van der Waals surface area (Å²) in [6, 6.07) is 12.1. The number of carbonyl (C=O) groups excluding carboxylic acids is 2. The van der Waals surface area contributed by atoms with Gasteiger partial charge in [-0.05, 0) is 24.3 Å². The van der Waals surface area contributed by atoms with Gasteiger partial charge >= 0.3 is 0 Å². The molecule has 0 aliphatic carbocycles. The summed E-state index contributed by atoms with van der Waals surface area (Å²) >= 11 is 6.25. The number of rotatable bonds is 4. The summed E-state index contributed by atoms with van der Waals surface area (Å²) in [4.78, 5) is 32.0. The fraction of sp³-hybridized carbons (Fsp3) is 0.360. The molecule has 0 unspecified atom stereocenters. The predicted octanol–water partition coefficient (Wildman–Crippen LogP) is 2.83. The highest BCUT2D eigenvalue weighted by molar-refractivity contribution is 6.31. The summed E-state index contributed by atoms with van der Waals surface area (Å²) in [6.07, 6.45) is 1.77. The van der Waals surface area contributed by atoms with Crippen molar-refractivity contribution < 1.29 is 14.0 Å². The van der Waals surface area contributed by atoms with Gasteiger partial charge in [0.15, 0.2) is 0 Å². The number of aromatic nitrogens is 1. The Balaban J connectivity index is 1.35. The van der Waals surface area contributed by atoms with E-state index in [2.05, 4.69) is 5.32 Å². The molecular weight excluding hydrogens is 457 g/mol. The van der Waals surface area contributed by atoms with Gasteiger partial charge < -0.3 is 24.6 Å². The maximum Gasteiger partial charge on any atom is 0.256 e. The van der Waals surface area contributed by atoms with Crippen LogP contribution < -0.4 is 10.2 Å². The van der Waals surface area contributed by atoms with Crippen molar-refractivity contribution in [3.63, 3.8) is 0 Å². The van der Waals surface area contributed by atoms with E-state index in [1.807, 2.05) is 26.5 Å². The lowest BCUT2D eigenvalue weighted by atomic mass is 10.1. The monoisotopic (exact) mass is 483 g/mol. The van der Waals surface area contributed by atoms with E-state index < -0.39 is 0 Å². The number of anilines is 1. The highest BCUT2D eigenvalue weighted by atomic mass is 35.5.